The summed E-state index contributed by atoms with van der Waals surface area (Å²) in [6.45, 7) is 8.38. The van der Waals surface area contributed by atoms with Crippen molar-refractivity contribution in [2.75, 3.05) is 59.2 Å². The number of carbonyl (C=O) groups excluding carboxylic acids is 1. The molecular weight excluding hydrogens is 564 g/mol. The number of amides is 1. The fourth-order valence-corrected chi connectivity index (χ4v) is 9.40. The zero-order valence-corrected chi connectivity index (χ0v) is 21.9. The van der Waals surface area contributed by atoms with Crippen LogP contribution in [-0.4, -0.2) is 94.0 Å². The van der Waals surface area contributed by atoms with Crippen LogP contribution in [0.25, 0.3) is 0 Å². The number of alkyl halides is 1. The zero-order valence-electron chi connectivity index (χ0n) is 18.2. The Morgan fingerprint density at radius 1 is 1.00 bits per heavy atom. The zero-order chi connectivity index (χ0) is 22.1. The monoisotopic (exact) mass is 594 g/mol. The first-order valence-corrected chi connectivity index (χ1v) is 14.6. The first-order valence-electron chi connectivity index (χ1n) is 11.6. The van der Waals surface area contributed by atoms with Crippen molar-refractivity contribution in [2.24, 2.45) is 5.92 Å². The molecule has 1 aromatic carbocycles. The van der Waals surface area contributed by atoms with E-state index in [1.54, 1.807) is 6.07 Å². The summed E-state index contributed by atoms with van der Waals surface area (Å²) in [7, 11) is 0. The molecule has 9 heteroatoms. The summed E-state index contributed by atoms with van der Waals surface area (Å²) in [6.07, 6.45) is 2.97. The average Bonchev–Trinajstić information content (AvgIpc) is 3.26. The van der Waals surface area contributed by atoms with Gasteiger partial charge >= 0.3 is 212 Å². The van der Waals surface area contributed by atoms with E-state index in [0.29, 0.717) is 26.3 Å². The molecule has 5 rings (SSSR count). The quantitative estimate of drug-likeness (QED) is 0.254. The summed E-state index contributed by atoms with van der Waals surface area (Å²) < 4.78 is 14.7. The molecule has 0 saturated carbocycles. The van der Waals surface area contributed by atoms with Crippen molar-refractivity contribution >= 4 is 29.1 Å². The second-order valence-electron chi connectivity index (χ2n) is 9.24. The molecule has 0 aliphatic carbocycles. The van der Waals surface area contributed by atoms with Gasteiger partial charge in [0.15, 0.2) is 0 Å². The minimum atomic E-state index is -0.175. The number of halogens is 3. The van der Waals surface area contributed by atoms with E-state index < -0.39 is 0 Å². The molecule has 0 radical (unpaired) electrons. The number of benzene rings is 1. The van der Waals surface area contributed by atoms with Crippen LogP contribution in [0.4, 0.5) is 0 Å². The van der Waals surface area contributed by atoms with Crippen LogP contribution in [0.2, 0.25) is 10.0 Å². The van der Waals surface area contributed by atoms with Crippen molar-refractivity contribution in [3.8, 4) is 0 Å². The molecule has 4 heterocycles. The number of nitrogens with zero attached hydrogens (tertiary/aromatic N) is 3. The number of ether oxygens (including phenoxy) is 2. The summed E-state index contributed by atoms with van der Waals surface area (Å²) >= 11 is 12.1. The van der Waals surface area contributed by atoms with E-state index >= 15 is 0 Å². The Morgan fingerprint density at radius 3 is 2.50 bits per heavy atom. The van der Waals surface area contributed by atoms with E-state index in [0.717, 1.165) is 51.6 Å². The summed E-state index contributed by atoms with van der Waals surface area (Å²) in [5, 5.41) is 1.03. The molecule has 4 aliphatic rings. The molecule has 1 amide bonds. The number of fused-ring (bicyclic) bond motifs is 1. The van der Waals surface area contributed by atoms with Gasteiger partial charge in [-0.1, -0.05) is 0 Å². The van der Waals surface area contributed by atoms with Crippen LogP contribution in [0.15, 0.2) is 18.2 Å². The van der Waals surface area contributed by atoms with Crippen LogP contribution in [0.5, 0.6) is 0 Å². The van der Waals surface area contributed by atoms with Gasteiger partial charge in [0.2, 0.25) is 0 Å². The summed E-state index contributed by atoms with van der Waals surface area (Å²) in [5.74, 6) is 0.810. The molecular formula is C23H31Cl2IN3O3-. The first-order chi connectivity index (χ1) is 15.6. The third kappa shape index (κ3) is 5.24. The Kier molecular flexibility index (Phi) is 7.83. The Morgan fingerprint density at radius 2 is 1.78 bits per heavy atom. The van der Waals surface area contributed by atoms with Crippen molar-refractivity contribution in [1.29, 1.82) is 0 Å². The van der Waals surface area contributed by atoms with Gasteiger partial charge in [0, 0.05) is 0 Å². The Bertz CT molecular complexity index is 822. The van der Waals surface area contributed by atoms with Crippen LogP contribution >= 0.6 is 23.2 Å². The molecule has 0 aromatic heterocycles. The molecule has 4 aliphatic heterocycles. The molecule has 1 aromatic rings. The van der Waals surface area contributed by atoms with Gasteiger partial charge in [-0.3, -0.25) is 0 Å². The molecule has 4 saturated heterocycles. The summed E-state index contributed by atoms with van der Waals surface area (Å²) in [6, 6.07) is 6.04. The topological polar surface area (TPSA) is 45.3 Å². The van der Waals surface area contributed by atoms with Gasteiger partial charge in [-0.05, 0) is 0 Å². The van der Waals surface area contributed by atoms with Crippen LogP contribution in [0.1, 0.15) is 18.4 Å². The Balaban J connectivity index is 1.34. The Hall–Kier alpha value is -0.160. The van der Waals surface area contributed by atoms with Crippen molar-refractivity contribution in [3.63, 3.8) is 0 Å². The van der Waals surface area contributed by atoms with Crippen LogP contribution in [-0.2, 0) is 20.7 Å². The van der Waals surface area contributed by atoms with E-state index in [2.05, 4.69) is 12.9 Å². The third-order valence-electron chi connectivity index (χ3n) is 6.96. The number of piperazine rings is 1. The van der Waals surface area contributed by atoms with Gasteiger partial charge in [-0.2, -0.15) is 0 Å². The van der Waals surface area contributed by atoms with Crippen LogP contribution in [0, 0.1) is 5.92 Å². The molecule has 3 unspecified atom stereocenters. The second kappa shape index (κ2) is 10.6. The Labute approximate surface area is 211 Å². The molecule has 6 nitrogen and oxygen atoms in total. The first kappa shape index (κ1) is 23.6. The van der Waals surface area contributed by atoms with Gasteiger partial charge < -0.3 is 0 Å². The number of carbonyl (C=O) groups is 1. The van der Waals surface area contributed by atoms with E-state index in [1.807, 2.05) is 12.1 Å². The maximum absolute atomic E-state index is 13.6. The summed E-state index contributed by atoms with van der Waals surface area (Å²) in [5.41, 5.74) is 0.924. The van der Waals surface area contributed by atoms with Crippen molar-refractivity contribution in [1.82, 2.24) is 12.9 Å². The predicted octanol–water partition coefficient (Wildman–Crippen LogP) is -0.438. The predicted molar refractivity (Wildman–Crippen MR) is 121 cm³/mol. The van der Waals surface area contributed by atoms with Crippen LogP contribution in [0.3, 0.4) is 0 Å². The standard InChI is InChI=1S/C23H31Cl2IN3O3/c24-18-4-3-16(9-19(18)25)10-22(30)29-8-7-27(11-17-12-31-13-17)21-15-32-14-20(23(21)29)26-28-5-1-2-6-28/h3-4,9,17,20-21,23H,1-2,5-8,10-15H2/q-1. The molecule has 0 spiro atoms. The van der Waals surface area contributed by atoms with E-state index in [9.17, 15) is 4.79 Å². The van der Waals surface area contributed by atoms with E-state index in [1.165, 1.54) is 25.9 Å². The number of hydrogen-bond donors (Lipinski definition) is 0. The van der Waals surface area contributed by atoms with Gasteiger partial charge in [-0.15, -0.1) is 0 Å². The molecule has 32 heavy (non-hydrogen) atoms. The summed E-state index contributed by atoms with van der Waals surface area (Å²) in [4.78, 5) is 18.3. The fraction of sp³-hybridized carbons (Fsp3) is 0.696. The second-order valence-corrected chi connectivity index (χ2v) is 13.6. The number of hydrogen-bond acceptors (Lipinski definition) is 5. The van der Waals surface area contributed by atoms with E-state index in [-0.39, 0.29) is 39.5 Å². The normalized spacial score (nSPS) is 29.8. The molecule has 178 valence electrons. The SMILES string of the molecule is O=C(Cc1ccc(Cl)c(Cl)c1)N1CCN(CC2COC2)C2COCC([I-]N3CCCC3)C21. The number of rotatable bonds is 6. The van der Waals surface area contributed by atoms with Gasteiger partial charge in [0.05, 0.1) is 0 Å². The van der Waals surface area contributed by atoms with Crippen LogP contribution < -0.4 is 21.5 Å². The van der Waals surface area contributed by atoms with Crippen molar-refractivity contribution < 1.29 is 35.7 Å². The van der Waals surface area contributed by atoms with Gasteiger partial charge in [0.1, 0.15) is 0 Å². The molecule has 0 N–H and O–H groups in total. The van der Waals surface area contributed by atoms with Gasteiger partial charge in [0.25, 0.3) is 0 Å². The minimum absolute atomic E-state index is 0.175. The molecule has 0 bridgehead atoms. The van der Waals surface area contributed by atoms with E-state index in [4.69, 9.17) is 32.7 Å². The van der Waals surface area contributed by atoms with Crippen molar-refractivity contribution in [2.45, 2.75) is 35.3 Å². The molecule has 4 fully saturated rings. The third-order valence-corrected chi connectivity index (χ3v) is 11.3. The maximum atomic E-state index is 13.6. The molecule has 3 atom stereocenters. The fourth-order valence-electron chi connectivity index (χ4n) is 5.22. The van der Waals surface area contributed by atoms with Gasteiger partial charge in [-0.25, -0.2) is 0 Å². The van der Waals surface area contributed by atoms with Crippen molar-refractivity contribution in [3.05, 3.63) is 33.8 Å². The average molecular weight is 595 g/mol.